The summed E-state index contributed by atoms with van der Waals surface area (Å²) >= 11 is 1.24. The monoisotopic (exact) mass is 391 g/mol. The molecule has 9 heteroatoms. The molecule has 0 aliphatic carbocycles. The lowest BCUT2D eigenvalue weighted by Crippen LogP contribution is -2.21. The van der Waals surface area contributed by atoms with Crippen LogP contribution in [0.2, 0.25) is 0 Å². The van der Waals surface area contributed by atoms with Crippen molar-refractivity contribution >= 4 is 32.4 Å². The number of hydrogen-bond donors (Lipinski definition) is 2. The van der Waals surface area contributed by atoms with Crippen molar-refractivity contribution in [3.63, 3.8) is 0 Å². The number of rotatable bonds is 5. The number of thiazole rings is 1. The number of nitrogens with zero attached hydrogens (tertiary/aromatic N) is 1. The summed E-state index contributed by atoms with van der Waals surface area (Å²) in [6.45, 7) is 0. The third-order valence-electron chi connectivity index (χ3n) is 3.55. The number of nitrogens with one attached hydrogen (secondary N) is 2. The van der Waals surface area contributed by atoms with Gasteiger partial charge in [0.15, 0.2) is 5.13 Å². The summed E-state index contributed by atoms with van der Waals surface area (Å²) in [4.78, 5) is 16.1. The lowest BCUT2D eigenvalue weighted by molar-refractivity contribution is 0.102. The molecule has 0 radical (unpaired) electrons. The van der Waals surface area contributed by atoms with E-state index in [1.165, 1.54) is 24.5 Å². The summed E-state index contributed by atoms with van der Waals surface area (Å²) in [6.07, 6.45) is 0. The molecule has 0 aliphatic heterocycles. The second kappa shape index (κ2) is 7.32. The van der Waals surface area contributed by atoms with Crippen LogP contribution >= 0.6 is 11.3 Å². The predicted octanol–water partition coefficient (Wildman–Crippen LogP) is 3.11. The number of sulfonamides is 1. The Morgan fingerprint density at radius 2 is 1.88 bits per heavy atom. The fourth-order valence-electron chi connectivity index (χ4n) is 2.20. The molecule has 3 rings (SSSR count). The topological polar surface area (TPSA) is 88.2 Å². The van der Waals surface area contributed by atoms with Gasteiger partial charge in [-0.1, -0.05) is 30.3 Å². The molecule has 0 bridgehead atoms. The van der Waals surface area contributed by atoms with Crippen LogP contribution in [0.3, 0.4) is 0 Å². The van der Waals surface area contributed by atoms with Gasteiger partial charge in [0.05, 0.1) is 5.69 Å². The Kier molecular flexibility index (Phi) is 5.12. The van der Waals surface area contributed by atoms with E-state index in [1.54, 1.807) is 5.38 Å². The molecule has 6 nitrogen and oxygen atoms in total. The first-order chi connectivity index (χ1) is 12.4. The zero-order valence-corrected chi connectivity index (χ0v) is 15.2. The van der Waals surface area contributed by atoms with Gasteiger partial charge in [0.25, 0.3) is 5.91 Å². The largest absolute Gasteiger partial charge is 0.298 e. The zero-order valence-electron chi connectivity index (χ0n) is 13.6. The molecule has 0 aliphatic rings. The molecular formula is C17H14FN3O3S2. The Hall–Kier alpha value is -2.62. The van der Waals surface area contributed by atoms with Gasteiger partial charge in [-0.15, -0.1) is 11.3 Å². The maximum absolute atomic E-state index is 13.8. The number of benzene rings is 2. The summed E-state index contributed by atoms with van der Waals surface area (Å²) < 4.78 is 39.4. The van der Waals surface area contributed by atoms with E-state index in [0.717, 1.165) is 17.7 Å². The van der Waals surface area contributed by atoms with Crippen LogP contribution in [0.5, 0.6) is 0 Å². The van der Waals surface area contributed by atoms with Crippen LogP contribution in [-0.2, 0) is 10.0 Å². The molecule has 26 heavy (non-hydrogen) atoms. The van der Waals surface area contributed by atoms with Crippen molar-refractivity contribution < 1.29 is 17.6 Å². The zero-order chi connectivity index (χ0) is 18.7. The average molecular weight is 391 g/mol. The highest BCUT2D eigenvalue weighted by atomic mass is 32.2. The van der Waals surface area contributed by atoms with Gasteiger partial charge in [0.1, 0.15) is 10.7 Å². The summed E-state index contributed by atoms with van der Waals surface area (Å²) in [5.41, 5.74) is 1.63. The Bertz CT molecular complexity index is 1050. The van der Waals surface area contributed by atoms with Crippen molar-refractivity contribution in [3.05, 3.63) is 65.3 Å². The van der Waals surface area contributed by atoms with Crippen molar-refractivity contribution in [1.29, 1.82) is 0 Å². The number of aromatic nitrogens is 1. The maximum atomic E-state index is 13.8. The van der Waals surface area contributed by atoms with Crippen molar-refractivity contribution in [2.75, 3.05) is 12.4 Å². The van der Waals surface area contributed by atoms with Crippen molar-refractivity contribution in [2.24, 2.45) is 0 Å². The number of carbonyl (C=O) groups excluding carboxylic acids is 1. The number of hydrogen-bond acceptors (Lipinski definition) is 5. The SMILES string of the molecule is CNS(=O)(=O)c1cc(C(=O)Nc2nc(-c3ccccc3)cs2)ccc1F. The van der Waals surface area contributed by atoms with E-state index in [1.807, 2.05) is 35.1 Å². The molecule has 0 spiro atoms. The second-order valence-corrected chi connectivity index (χ2v) is 7.92. The molecule has 0 saturated heterocycles. The fourth-order valence-corrected chi connectivity index (χ4v) is 3.74. The van der Waals surface area contributed by atoms with E-state index < -0.39 is 26.6 Å². The van der Waals surface area contributed by atoms with Gasteiger partial charge in [-0.25, -0.2) is 22.5 Å². The first-order valence-electron chi connectivity index (χ1n) is 7.46. The third-order valence-corrected chi connectivity index (χ3v) is 5.73. The van der Waals surface area contributed by atoms with Crippen LogP contribution in [0.25, 0.3) is 11.3 Å². The minimum Gasteiger partial charge on any atom is -0.298 e. The number of halogens is 1. The molecule has 1 heterocycles. The Morgan fingerprint density at radius 3 is 2.58 bits per heavy atom. The van der Waals surface area contributed by atoms with E-state index in [0.29, 0.717) is 10.8 Å². The first kappa shape index (κ1) is 18.2. The average Bonchev–Trinajstić information content (AvgIpc) is 3.11. The molecule has 0 unspecified atom stereocenters. The van der Waals surface area contributed by atoms with Crippen LogP contribution in [0.1, 0.15) is 10.4 Å². The quantitative estimate of drug-likeness (QED) is 0.700. The second-order valence-electron chi connectivity index (χ2n) is 5.21. The molecule has 1 amide bonds. The van der Waals surface area contributed by atoms with E-state index in [2.05, 4.69) is 10.3 Å². The molecule has 2 aromatic carbocycles. The third kappa shape index (κ3) is 3.79. The maximum Gasteiger partial charge on any atom is 0.257 e. The summed E-state index contributed by atoms with van der Waals surface area (Å²) in [7, 11) is -2.84. The van der Waals surface area contributed by atoms with Gasteiger partial charge in [-0.3, -0.25) is 10.1 Å². The van der Waals surface area contributed by atoms with Crippen LogP contribution < -0.4 is 10.0 Å². The van der Waals surface area contributed by atoms with Crippen LogP contribution in [0.15, 0.2) is 58.8 Å². The standard InChI is InChI=1S/C17H14FN3O3S2/c1-19-26(23,24)15-9-12(7-8-13(15)18)16(22)21-17-20-14(10-25-17)11-5-3-2-4-6-11/h2-10,19H,1H3,(H,20,21,22). The summed E-state index contributed by atoms with van der Waals surface area (Å²) in [5.74, 6) is -1.51. The predicted molar refractivity (Wildman–Crippen MR) is 98.1 cm³/mol. The Labute approximate surface area is 153 Å². The number of anilines is 1. The molecule has 0 atom stereocenters. The minimum absolute atomic E-state index is 0.0108. The number of amides is 1. The Balaban J connectivity index is 1.83. The molecule has 134 valence electrons. The molecule has 1 aromatic heterocycles. The van der Waals surface area contributed by atoms with E-state index >= 15 is 0 Å². The highest BCUT2D eigenvalue weighted by Gasteiger charge is 2.20. The van der Waals surface area contributed by atoms with Crippen LogP contribution in [-0.4, -0.2) is 26.4 Å². The van der Waals surface area contributed by atoms with Gasteiger partial charge in [-0.05, 0) is 25.2 Å². The van der Waals surface area contributed by atoms with Crippen molar-refractivity contribution in [3.8, 4) is 11.3 Å². The summed E-state index contributed by atoms with van der Waals surface area (Å²) in [5, 5.41) is 4.75. The highest BCUT2D eigenvalue weighted by Crippen LogP contribution is 2.25. The minimum atomic E-state index is -4.01. The van der Waals surface area contributed by atoms with E-state index in [4.69, 9.17) is 0 Å². The molecule has 0 fully saturated rings. The smallest absolute Gasteiger partial charge is 0.257 e. The first-order valence-corrected chi connectivity index (χ1v) is 9.82. The molecular weight excluding hydrogens is 377 g/mol. The lowest BCUT2D eigenvalue weighted by Gasteiger charge is -2.07. The van der Waals surface area contributed by atoms with Crippen LogP contribution in [0.4, 0.5) is 9.52 Å². The van der Waals surface area contributed by atoms with Crippen LogP contribution in [0, 0.1) is 5.82 Å². The van der Waals surface area contributed by atoms with Crippen molar-refractivity contribution in [1.82, 2.24) is 9.71 Å². The Morgan fingerprint density at radius 1 is 1.15 bits per heavy atom. The van der Waals surface area contributed by atoms with Gasteiger partial charge in [-0.2, -0.15) is 0 Å². The number of carbonyl (C=O) groups is 1. The van der Waals surface area contributed by atoms with Gasteiger partial charge < -0.3 is 0 Å². The van der Waals surface area contributed by atoms with E-state index in [-0.39, 0.29) is 5.56 Å². The normalized spacial score (nSPS) is 11.3. The molecule has 3 aromatic rings. The van der Waals surface area contributed by atoms with Gasteiger partial charge >= 0.3 is 0 Å². The summed E-state index contributed by atoms with van der Waals surface area (Å²) in [6, 6.07) is 12.6. The van der Waals surface area contributed by atoms with Crippen molar-refractivity contribution in [2.45, 2.75) is 4.90 Å². The molecule has 0 saturated carbocycles. The molecule has 2 N–H and O–H groups in total. The van der Waals surface area contributed by atoms with Gasteiger partial charge in [0.2, 0.25) is 10.0 Å². The van der Waals surface area contributed by atoms with E-state index in [9.17, 15) is 17.6 Å². The lowest BCUT2D eigenvalue weighted by atomic mass is 10.2. The fraction of sp³-hybridized carbons (Fsp3) is 0.0588. The van der Waals surface area contributed by atoms with Gasteiger partial charge in [0, 0.05) is 16.5 Å². The highest BCUT2D eigenvalue weighted by molar-refractivity contribution is 7.89.